The van der Waals surface area contributed by atoms with Crippen molar-refractivity contribution in [1.82, 2.24) is 0 Å². The number of hydrogen-bond donors (Lipinski definition) is 0. The van der Waals surface area contributed by atoms with Gasteiger partial charge >= 0.3 is 25.7 Å². The van der Waals surface area contributed by atoms with Crippen LogP contribution in [0.25, 0.3) is 0 Å². The molecule has 13 heteroatoms. The number of Topliss-reactive ketones (excluding diaryl/α,β-unsaturated/α-hetero) is 1. The zero-order chi connectivity index (χ0) is 25.8. The molecule has 34 heavy (non-hydrogen) atoms. The van der Waals surface area contributed by atoms with E-state index in [9.17, 15) is 40.5 Å². The van der Waals surface area contributed by atoms with Crippen molar-refractivity contribution in [2.75, 3.05) is 27.5 Å². The van der Waals surface area contributed by atoms with Gasteiger partial charge in [0.25, 0.3) is 0 Å². The molecule has 0 bridgehead atoms. The number of methoxy groups -OCH3 is 3. The summed E-state index contributed by atoms with van der Waals surface area (Å²) >= 11 is 0. The minimum atomic E-state index is -5.24. The molecule has 1 unspecified atom stereocenters. The van der Waals surface area contributed by atoms with Crippen LogP contribution in [0.2, 0.25) is 0 Å². The Balaban J connectivity index is 2.37. The second-order valence-corrected chi connectivity index (χ2v) is 8.32. The first kappa shape index (κ1) is 27.1. The number of carbonyl (C=O) groups excluding carboxylic acids is 2. The topological polar surface area (TPSA) is 78.9 Å². The monoisotopic (exact) mass is 511 g/mol. The Hall–Kier alpha value is -3.14. The Kier molecular flexibility index (Phi) is 8.31. The van der Waals surface area contributed by atoms with Crippen molar-refractivity contribution >= 4 is 19.1 Å². The number of rotatable bonds is 9. The summed E-state index contributed by atoms with van der Waals surface area (Å²) in [5, 5.41) is 0. The van der Waals surface area contributed by atoms with E-state index in [1.807, 2.05) is 0 Å². The van der Waals surface area contributed by atoms with Gasteiger partial charge in [0.2, 0.25) is 0 Å². The van der Waals surface area contributed by atoms with Crippen molar-refractivity contribution in [1.29, 1.82) is 0 Å². The Morgan fingerprint density at radius 2 is 1.29 bits per heavy atom. The van der Waals surface area contributed by atoms with Crippen molar-refractivity contribution < 1.29 is 54.7 Å². The quantitative estimate of drug-likeness (QED) is 0.234. The summed E-state index contributed by atoms with van der Waals surface area (Å²) in [5.41, 5.74) is -6.46. The van der Waals surface area contributed by atoms with Crippen LogP contribution in [0.4, 0.5) is 26.3 Å². The molecule has 2 rings (SSSR count). The van der Waals surface area contributed by atoms with Gasteiger partial charge in [0, 0.05) is 17.7 Å². The minimum absolute atomic E-state index is 0.0855. The molecule has 2 aromatic rings. The summed E-state index contributed by atoms with van der Waals surface area (Å²) in [5.74, 6) is -1.49. The SMILES string of the molecule is COc1cc(OC)c(C(=O)[P+](=O)CCC(=O)c2c(C(F)(F)F)cccc2C(F)(F)F)c(OC)c1. The fourth-order valence-electron chi connectivity index (χ4n) is 3.10. The van der Waals surface area contributed by atoms with E-state index in [2.05, 4.69) is 0 Å². The molecule has 0 aliphatic carbocycles. The first-order chi connectivity index (χ1) is 15.8. The van der Waals surface area contributed by atoms with Gasteiger partial charge in [0.1, 0.15) is 17.2 Å². The molecular weight excluding hydrogens is 493 g/mol. The zero-order valence-electron chi connectivity index (χ0n) is 18.0. The van der Waals surface area contributed by atoms with Crippen LogP contribution in [-0.4, -0.2) is 38.8 Å². The van der Waals surface area contributed by atoms with Crippen molar-refractivity contribution in [3.8, 4) is 17.2 Å². The molecule has 0 fully saturated rings. The number of ketones is 1. The average Bonchev–Trinajstić information content (AvgIpc) is 2.78. The highest BCUT2D eigenvalue weighted by Crippen LogP contribution is 2.42. The molecule has 0 saturated carbocycles. The molecule has 0 heterocycles. The molecule has 0 aliphatic heterocycles. The van der Waals surface area contributed by atoms with Crippen LogP contribution in [0.5, 0.6) is 17.2 Å². The van der Waals surface area contributed by atoms with E-state index in [0.29, 0.717) is 18.2 Å². The van der Waals surface area contributed by atoms with Crippen LogP contribution in [0.15, 0.2) is 30.3 Å². The summed E-state index contributed by atoms with van der Waals surface area (Å²) in [6.07, 6.45) is -12.3. The fraction of sp³-hybridized carbons (Fsp3) is 0.333. The molecule has 6 nitrogen and oxygen atoms in total. The third-order valence-electron chi connectivity index (χ3n) is 4.65. The molecule has 0 saturated heterocycles. The lowest BCUT2D eigenvalue weighted by atomic mass is 9.95. The number of ether oxygens (including phenoxy) is 3. The Bertz CT molecular complexity index is 1050. The summed E-state index contributed by atoms with van der Waals surface area (Å²) in [6.45, 7) is 0. The maximum atomic E-state index is 13.3. The van der Waals surface area contributed by atoms with Gasteiger partial charge in [-0.25, -0.2) is 4.79 Å². The molecule has 1 atom stereocenters. The Morgan fingerprint density at radius 1 is 0.824 bits per heavy atom. The minimum Gasteiger partial charge on any atom is -0.496 e. The molecule has 0 aliphatic rings. The third-order valence-corrected chi connectivity index (χ3v) is 5.96. The number of benzene rings is 2. The van der Waals surface area contributed by atoms with E-state index in [1.165, 1.54) is 33.5 Å². The number of halogens is 6. The highest BCUT2D eigenvalue weighted by molar-refractivity contribution is 7.64. The van der Waals surface area contributed by atoms with Crippen molar-refractivity contribution in [3.05, 3.63) is 52.6 Å². The second-order valence-electron chi connectivity index (χ2n) is 6.71. The first-order valence-corrected chi connectivity index (χ1v) is 10.8. The number of hydrogen-bond acceptors (Lipinski definition) is 6. The van der Waals surface area contributed by atoms with E-state index >= 15 is 0 Å². The summed E-state index contributed by atoms with van der Waals surface area (Å²) < 4.78 is 107. The summed E-state index contributed by atoms with van der Waals surface area (Å²) in [7, 11) is 0.787. The lowest BCUT2D eigenvalue weighted by Gasteiger charge is -2.17. The van der Waals surface area contributed by atoms with E-state index in [4.69, 9.17) is 14.2 Å². The van der Waals surface area contributed by atoms with Gasteiger partial charge < -0.3 is 14.2 Å². The molecule has 0 amide bonds. The van der Waals surface area contributed by atoms with Crippen LogP contribution in [0, 0.1) is 0 Å². The highest BCUT2D eigenvalue weighted by Gasteiger charge is 2.43. The van der Waals surface area contributed by atoms with Crippen LogP contribution in [0.3, 0.4) is 0 Å². The lowest BCUT2D eigenvalue weighted by molar-refractivity contribution is -0.143. The lowest BCUT2D eigenvalue weighted by Crippen LogP contribution is -2.20. The Labute approximate surface area is 190 Å². The molecule has 184 valence electrons. The smallest absolute Gasteiger partial charge is 0.420 e. The van der Waals surface area contributed by atoms with Gasteiger partial charge in [0.05, 0.1) is 38.9 Å². The van der Waals surface area contributed by atoms with Gasteiger partial charge in [-0.05, 0) is 12.1 Å². The van der Waals surface area contributed by atoms with Crippen LogP contribution in [-0.2, 0) is 16.9 Å². The van der Waals surface area contributed by atoms with Gasteiger partial charge in [-0.2, -0.15) is 26.3 Å². The summed E-state index contributed by atoms with van der Waals surface area (Å²) in [4.78, 5) is 25.2. The Morgan fingerprint density at radius 3 is 1.68 bits per heavy atom. The van der Waals surface area contributed by atoms with Crippen molar-refractivity contribution in [2.45, 2.75) is 18.8 Å². The predicted molar refractivity (Wildman–Crippen MR) is 108 cm³/mol. The van der Waals surface area contributed by atoms with E-state index in [-0.39, 0.29) is 22.8 Å². The molecule has 2 aromatic carbocycles. The largest absolute Gasteiger partial charge is 0.496 e. The molecule has 0 N–H and O–H groups in total. The van der Waals surface area contributed by atoms with E-state index in [1.54, 1.807) is 0 Å². The highest BCUT2D eigenvalue weighted by atomic mass is 31.1. The average molecular weight is 511 g/mol. The number of carbonyl (C=O) groups is 2. The second kappa shape index (κ2) is 10.4. The van der Waals surface area contributed by atoms with Crippen molar-refractivity contribution in [3.63, 3.8) is 0 Å². The van der Waals surface area contributed by atoms with Crippen LogP contribution < -0.4 is 14.2 Å². The zero-order valence-corrected chi connectivity index (χ0v) is 18.9. The van der Waals surface area contributed by atoms with Gasteiger partial charge in [-0.1, -0.05) is 10.6 Å². The standard InChI is InChI=1S/C21H18F6O6P/c1-31-11-9-15(32-2)18(16(10-11)33-3)19(29)34(30)8-7-14(28)17-12(20(22,23)24)5-4-6-13(17)21(25,26)27/h4-6,9-10H,7-8H2,1-3H3/q+1. The van der Waals surface area contributed by atoms with Crippen LogP contribution in [0.1, 0.15) is 38.3 Å². The first-order valence-electron chi connectivity index (χ1n) is 9.35. The van der Waals surface area contributed by atoms with Gasteiger partial charge in [-0.3, -0.25) is 4.79 Å². The van der Waals surface area contributed by atoms with Gasteiger partial charge in [0.15, 0.2) is 17.5 Å². The molecule has 0 radical (unpaired) electrons. The summed E-state index contributed by atoms with van der Waals surface area (Å²) in [6, 6.07) is 3.81. The molecular formula is C21H18F6O6P+. The maximum Gasteiger partial charge on any atom is 0.420 e. The molecule has 0 spiro atoms. The van der Waals surface area contributed by atoms with Gasteiger partial charge in [-0.15, -0.1) is 0 Å². The maximum absolute atomic E-state index is 13.3. The third kappa shape index (κ3) is 5.85. The predicted octanol–water partition coefficient (Wildman–Crippen LogP) is 5.99. The van der Waals surface area contributed by atoms with Crippen LogP contribution >= 0.6 is 7.80 Å². The normalized spacial score (nSPS) is 12.2. The number of alkyl halides is 6. The fourth-order valence-corrected chi connectivity index (χ4v) is 4.18. The van der Waals surface area contributed by atoms with E-state index < -0.39 is 60.7 Å². The molecule has 0 aromatic heterocycles. The van der Waals surface area contributed by atoms with E-state index in [0.717, 1.165) is 0 Å². The van der Waals surface area contributed by atoms with Crippen molar-refractivity contribution in [2.24, 2.45) is 0 Å².